The van der Waals surface area contributed by atoms with Crippen LogP contribution in [0.3, 0.4) is 0 Å². The minimum atomic E-state index is -0.223. The number of halogens is 1. The van der Waals surface area contributed by atoms with Crippen molar-refractivity contribution in [2.24, 2.45) is 0 Å². The van der Waals surface area contributed by atoms with Crippen molar-refractivity contribution in [1.82, 2.24) is 4.98 Å². The monoisotopic (exact) mass is 283 g/mol. The van der Waals surface area contributed by atoms with E-state index < -0.39 is 0 Å². The smallest absolute Gasteiger partial charge is 0.232 e. The number of rotatable bonds is 4. The van der Waals surface area contributed by atoms with Gasteiger partial charge >= 0.3 is 0 Å². The Morgan fingerprint density at radius 2 is 2.19 bits per heavy atom. The van der Waals surface area contributed by atoms with E-state index in [0.29, 0.717) is 23.5 Å². The second-order valence-electron chi connectivity index (χ2n) is 5.76. The number of nitriles is 1. The third kappa shape index (κ3) is 2.38. The molecule has 2 aliphatic carbocycles. The minimum Gasteiger partial charge on any atom is -0.424 e. The van der Waals surface area contributed by atoms with E-state index in [-0.39, 0.29) is 17.7 Å². The summed E-state index contributed by atoms with van der Waals surface area (Å²) in [5.41, 5.74) is 1.29. The van der Waals surface area contributed by atoms with E-state index in [4.69, 9.17) is 9.68 Å². The Morgan fingerprint density at radius 3 is 2.90 bits per heavy atom. The van der Waals surface area contributed by atoms with E-state index in [0.717, 1.165) is 24.8 Å². The number of oxazole rings is 1. The van der Waals surface area contributed by atoms with E-state index in [9.17, 15) is 4.39 Å². The predicted octanol–water partition coefficient (Wildman–Crippen LogP) is 3.53. The Balaban J connectivity index is 1.55. The first-order chi connectivity index (χ1) is 10.2. The molecule has 1 N–H and O–H groups in total. The molecular formula is C16H14FN3O. The van der Waals surface area contributed by atoms with Gasteiger partial charge in [0, 0.05) is 12.0 Å². The van der Waals surface area contributed by atoms with Gasteiger partial charge in [-0.05, 0) is 42.9 Å². The van der Waals surface area contributed by atoms with Gasteiger partial charge in [-0.15, -0.1) is 0 Å². The van der Waals surface area contributed by atoms with Crippen molar-refractivity contribution >= 4 is 5.88 Å². The van der Waals surface area contributed by atoms with Gasteiger partial charge in [-0.1, -0.05) is 12.1 Å². The molecule has 0 spiro atoms. The summed E-state index contributed by atoms with van der Waals surface area (Å²) in [6, 6.07) is 9.12. The Morgan fingerprint density at radius 1 is 1.33 bits per heavy atom. The molecule has 0 amide bonds. The lowest BCUT2D eigenvalue weighted by atomic mass is 10.1. The first-order valence-electron chi connectivity index (χ1n) is 7.17. The molecule has 0 aliphatic heterocycles. The molecule has 1 heterocycles. The van der Waals surface area contributed by atoms with Crippen molar-refractivity contribution in [1.29, 1.82) is 5.26 Å². The van der Waals surface area contributed by atoms with Crippen LogP contribution in [0.25, 0.3) is 0 Å². The maximum absolute atomic E-state index is 13.3. The lowest BCUT2D eigenvalue weighted by Crippen LogP contribution is -2.00. The highest BCUT2D eigenvalue weighted by atomic mass is 19.1. The molecule has 1 aromatic carbocycles. The van der Waals surface area contributed by atoms with Crippen LogP contribution in [0.4, 0.5) is 10.3 Å². The summed E-state index contributed by atoms with van der Waals surface area (Å²) in [6.45, 7) is 0. The fraction of sp³-hybridized carbons (Fsp3) is 0.375. The summed E-state index contributed by atoms with van der Waals surface area (Å²) < 4.78 is 19.0. The van der Waals surface area contributed by atoms with Crippen LogP contribution in [-0.2, 0) is 0 Å². The van der Waals surface area contributed by atoms with E-state index in [1.165, 1.54) is 6.07 Å². The first-order valence-corrected chi connectivity index (χ1v) is 7.17. The van der Waals surface area contributed by atoms with Crippen molar-refractivity contribution in [2.45, 2.75) is 37.1 Å². The Bertz CT molecular complexity index is 729. The summed E-state index contributed by atoms with van der Waals surface area (Å²) in [6.07, 6.45) is 3.10. The number of benzene rings is 1. The maximum atomic E-state index is 13.3. The van der Waals surface area contributed by atoms with Crippen molar-refractivity contribution in [3.8, 4) is 6.07 Å². The molecule has 4 rings (SSSR count). The molecule has 21 heavy (non-hydrogen) atoms. The highest BCUT2D eigenvalue weighted by Gasteiger charge is 2.44. The van der Waals surface area contributed by atoms with Gasteiger partial charge in [0.15, 0.2) is 0 Å². The van der Waals surface area contributed by atoms with Crippen molar-refractivity contribution in [3.63, 3.8) is 0 Å². The maximum Gasteiger partial charge on any atom is 0.232 e. The molecule has 2 aliphatic rings. The summed E-state index contributed by atoms with van der Waals surface area (Å²) in [4.78, 5) is 4.29. The van der Waals surface area contributed by atoms with Crippen molar-refractivity contribution in [3.05, 3.63) is 47.2 Å². The fourth-order valence-electron chi connectivity index (χ4n) is 2.66. The molecule has 0 radical (unpaired) electrons. The molecule has 1 aromatic heterocycles. The predicted molar refractivity (Wildman–Crippen MR) is 74.4 cm³/mol. The average molecular weight is 283 g/mol. The van der Waals surface area contributed by atoms with Crippen LogP contribution in [0.1, 0.15) is 48.2 Å². The van der Waals surface area contributed by atoms with Crippen LogP contribution >= 0.6 is 0 Å². The van der Waals surface area contributed by atoms with Gasteiger partial charge in [0.25, 0.3) is 0 Å². The number of nitrogens with zero attached hydrogens (tertiary/aromatic N) is 2. The largest absolute Gasteiger partial charge is 0.424 e. The summed E-state index contributed by atoms with van der Waals surface area (Å²) in [5.74, 6) is 1.23. The van der Waals surface area contributed by atoms with Crippen LogP contribution in [0, 0.1) is 17.1 Å². The minimum absolute atomic E-state index is 0.147. The van der Waals surface area contributed by atoms with Gasteiger partial charge in [-0.2, -0.15) is 5.26 Å². The molecule has 4 nitrogen and oxygen atoms in total. The van der Waals surface area contributed by atoms with E-state index in [1.807, 2.05) is 6.07 Å². The van der Waals surface area contributed by atoms with Crippen LogP contribution < -0.4 is 5.32 Å². The molecule has 2 aromatic rings. The summed E-state index contributed by atoms with van der Waals surface area (Å²) >= 11 is 0. The zero-order chi connectivity index (χ0) is 14.4. The number of hydrogen-bond donors (Lipinski definition) is 1. The van der Waals surface area contributed by atoms with E-state index in [1.54, 1.807) is 12.1 Å². The van der Waals surface area contributed by atoms with E-state index in [2.05, 4.69) is 16.4 Å². The molecule has 106 valence electrons. The third-order valence-electron chi connectivity index (χ3n) is 4.05. The Labute approximate surface area is 121 Å². The lowest BCUT2D eigenvalue weighted by Gasteiger charge is -1.99. The molecule has 2 fully saturated rings. The number of nitrogens with one attached hydrogen (secondary N) is 1. The van der Waals surface area contributed by atoms with Gasteiger partial charge < -0.3 is 9.73 Å². The zero-order valence-electron chi connectivity index (χ0n) is 11.3. The Hall–Kier alpha value is -2.35. The third-order valence-corrected chi connectivity index (χ3v) is 4.05. The molecule has 5 heteroatoms. The number of aromatic nitrogens is 1. The van der Waals surface area contributed by atoms with Crippen molar-refractivity contribution in [2.75, 3.05) is 5.32 Å². The molecule has 2 unspecified atom stereocenters. The SMILES string of the molecule is N#Cc1nc(C2CC2c2cccc(F)c2)oc1NC1CC1. The molecule has 2 saturated carbocycles. The van der Waals surface area contributed by atoms with Crippen molar-refractivity contribution < 1.29 is 8.81 Å². The Kier molecular flexibility index (Phi) is 2.71. The topological polar surface area (TPSA) is 61.9 Å². The highest BCUT2D eigenvalue weighted by molar-refractivity contribution is 5.48. The van der Waals surface area contributed by atoms with Crippen LogP contribution in [0.5, 0.6) is 0 Å². The zero-order valence-corrected chi connectivity index (χ0v) is 11.3. The molecular weight excluding hydrogens is 269 g/mol. The van der Waals surface area contributed by atoms with Crippen LogP contribution in [-0.4, -0.2) is 11.0 Å². The van der Waals surface area contributed by atoms with Gasteiger partial charge in [-0.25, -0.2) is 9.37 Å². The molecule has 2 atom stereocenters. The van der Waals surface area contributed by atoms with E-state index >= 15 is 0 Å². The normalized spacial score (nSPS) is 23.6. The summed E-state index contributed by atoms with van der Waals surface area (Å²) in [5, 5.41) is 12.3. The summed E-state index contributed by atoms with van der Waals surface area (Å²) in [7, 11) is 0. The van der Waals surface area contributed by atoms with Gasteiger partial charge in [0.2, 0.25) is 17.5 Å². The second kappa shape index (κ2) is 4.59. The highest BCUT2D eigenvalue weighted by Crippen LogP contribution is 2.54. The average Bonchev–Trinajstić information content (AvgIpc) is 3.38. The van der Waals surface area contributed by atoms with Gasteiger partial charge in [-0.3, -0.25) is 0 Å². The van der Waals surface area contributed by atoms with Gasteiger partial charge in [0.1, 0.15) is 11.9 Å². The lowest BCUT2D eigenvalue weighted by molar-refractivity contribution is 0.504. The molecule has 0 saturated heterocycles. The van der Waals surface area contributed by atoms with Gasteiger partial charge in [0.05, 0.1) is 0 Å². The fourth-order valence-corrected chi connectivity index (χ4v) is 2.66. The quantitative estimate of drug-likeness (QED) is 0.932. The standard InChI is InChI=1S/C16H14FN3O/c17-10-3-1-2-9(6-10)12-7-13(12)15-20-14(8-18)16(21-15)19-11-4-5-11/h1-3,6,11-13,19H,4-5,7H2. The number of hydrogen-bond acceptors (Lipinski definition) is 4. The second-order valence-corrected chi connectivity index (χ2v) is 5.76. The first kappa shape index (κ1) is 12.4. The van der Waals surface area contributed by atoms with Crippen LogP contribution in [0.15, 0.2) is 28.7 Å². The number of anilines is 1. The van der Waals surface area contributed by atoms with Crippen LogP contribution in [0.2, 0.25) is 0 Å². The molecule has 0 bridgehead atoms.